The lowest BCUT2D eigenvalue weighted by molar-refractivity contribution is -0.120. The van der Waals surface area contributed by atoms with E-state index in [1.807, 2.05) is 89.8 Å². The number of amides is 2. The highest BCUT2D eigenvalue weighted by Gasteiger charge is 2.35. The topological polar surface area (TPSA) is 49.9 Å². The SMILES string of the molecule is COc1ccc(C(=O)N2CCC(C(=O)N(Cc3ccccc3)c3ccccc3)c3ccccc32)cc1. The number of hydrogen-bond acceptors (Lipinski definition) is 3. The minimum atomic E-state index is -0.343. The summed E-state index contributed by atoms with van der Waals surface area (Å²) >= 11 is 0. The van der Waals surface area contributed by atoms with E-state index in [-0.39, 0.29) is 17.7 Å². The van der Waals surface area contributed by atoms with Gasteiger partial charge in [0, 0.05) is 23.5 Å². The molecule has 0 aromatic heterocycles. The van der Waals surface area contributed by atoms with Crippen molar-refractivity contribution >= 4 is 23.2 Å². The summed E-state index contributed by atoms with van der Waals surface area (Å²) in [5, 5.41) is 0. The molecule has 1 heterocycles. The van der Waals surface area contributed by atoms with Gasteiger partial charge in [-0.25, -0.2) is 0 Å². The van der Waals surface area contributed by atoms with Crippen molar-refractivity contribution in [1.82, 2.24) is 0 Å². The Balaban J connectivity index is 1.46. The molecule has 1 atom stereocenters. The Hall–Kier alpha value is -4.38. The highest BCUT2D eigenvalue weighted by atomic mass is 16.5. The third kappa shape index (κ3) is 4.73. The molecule has 0 fully saturated rings. The monoisotopic (exact) mass is 476 g/mol. The number of anilines is 2. The summed E-state index contributed by atoms with van der Waals surface area (Å²) in [7, 11) is 1.60. The standard InChI is InChI=1S/C31H28N2O3/c1-36-26-18-16-24(17-19-26)30(34)32-21-20-28(27-14-8-9-15-29(27)32)31(35)33(25-12-6-3-7-13-25)22-23-10-4-2-5-11-23/h2-19,28H,20-22H2,1H3. The van der Waals surface area contributed by atoms with Crippen LogP contribution < -0.4 is 14.5 Å². The van der Waals surface area contributed by atoms with Gasteiger partial charge < -0.3 is 14.5 Å². The zero-order valence-electron chi connectivity index (χ0n) is 20.2. The largest absolute Gasteiger partial charge is 0.497 e. The molecule has 2 amide bonds. The molecule has 0 saturated carbocycles. The van der Waals surface area contributed by atoms with Crippen molar-refractivity contribution in [3.8, 4) is 5.75 Å². The van der Waals surface area contributed by atoms with Crippen LogP contribution in [0.25, 0.3) is 0 Å². The van der Waals surface area contributed by atoms with Crippen LogP contribution >= 0.6 is 0 Å². The predicted molar refractivity (Wildman–Crippen MR) is 143 cm³/mol. The van der Waals surface area contributed by atoms with Crippen LogP contribution in [0.5, 0.6) is 5.75 Å². The van der Waals surface area contributed by atoms with Gasteiger partial charge in [0.05, 0.1) is 19.6 Å². The minimum absolute atomic E-state index is 0.0362. The molecule has 0 saturated heterocycles. The fraction of sp³-hybridized carbons (Fsp3) is 0.161. The van der Waals surface area contributed by atoms with E-state index in [1.165, 1.54) is 0 Å². The van der Waals surface area contributed by atoms with Crippen LogP contribution in [-0.2, 0) is 11.3 Å². The molecule has 0 aliphatic carbocycles. The average Bonchev–Trinajstić information content (AvgIpc) is 2.95. The van der Waals surface area contributed by atoms with Crippen molar-refractivity contribution in [2.75, 3.05) is 23.5 Å². The molecule has 4 aromatic carbocycles. The van der Waals surface area contributed by atoms with E-state index in [0.717, 1.165) is 22.5 Å². The first-order chi connectivity index (χ1) is 17.7. The number of carbonyl (C=O) groups excluding carboxylic acids is 2. The van der Waals surface area contributed by atoms with Crippen molar-refractivity contribution in [1.29, 1.82) is 0 Å². The molecular formula is C31H28N2O3. The van der Waals surface area contributed by atoms with Gasteiger partial charge in [0.2, 0.25) is 5.91 Å². The summed E-state index contributed by atoms with van der Waals surface area (Å²) in [6.45, 7) is 0.948. The first-order valence-corrected chi connectivity index (χ1v) is 12.1. The average molecular weight is 477 g/mol. The number of nitrogens with zero attached hydrogens (tertiary/aromatic N) is 2. The number of benzene rings is 4. The van der Waals surface area contributed by atoms with Crippen LogP contribution in [0, 0.1) is 0 Å². The fourth-order valence-corrected chi connectivity index (χ4v) is 4.78. The smallest absolute Gasteiger partial charge is 0.258 e. The normalized spacial score (nSPS) is 14.6. The number of fused-ring (bicyclic) bond motifs is 1. The first-order valence-electron chi connectivity index (χ1n) is 12.1. The Morgan fingerprint density at radius 3 is 2.17 bits per heavy atom. The summed E-state index contributed by atoms with van der Waals surface area (Å²) in [5.41, 5.74) is 4.18. The van der Waals surface area contributed by atoms with Gasteiger partial charge in [-0.3, -0.25) is 9.59 Å². The van der Waals surface area contributed by atoms with E-state index < -0.39 is 0 Å². The van der Waals surface area contributed by atoms with Gasteiger partial charge in [-0.1, -0.05) is 66.7 Å². The number of methoxy groups -OCH3 is 1. The summed E-state index contributed by atoms with van der Waals surface area (Å²) in [6.07, 6.45) is 0.551. The maximum absolute atomic E-state index is 14.1. The number of rotatable bonds is 6. The molecule has 4 aromatic rings. The zero-order valence-corrected chi connectivity index (χ0v) is 20.2. The van der Waals surface area contributed by atoms with E-state index >= 15 is 0 Å². The molecule has 1 unspecified atom stereocenters. The highest BCUT2D eigenvalue weighted by Crippen LogP contribution is 2.38. The van der Waals surface area contributed by atoms with Gasteiger partial charge in [0.1, 0.15) is 5.75 Å². The Morgan fingerprint density at radius 2 is 1.47 bits per heavy atom. The molecule has 180 valence electrons. The Labute approximate surface area is 211 Å². The lowest BCUT2D eigenvalue weighted by Crippen LogP contribution is -2.42. The van der Waals surface area contributed by atoms with Gasteiger partial charge in [0.25, 0.3) is 5.91 Å². The second kappa shape index (κ2) is 10.5. The Kier molecular flexibility index (Phi) is 6.80. The maximum Gasteiger partial charge on any atom is 0.258 e. The van der Waals surface area contributed by atoms with E-state index in [1.54, 1.807) is 36.3 Å². The Morgan fingerprint density at radius 1 is 0.833 bits per heavy atom. The van der Waals surface area contributed by atoms with Gasteiger partial charge >= 0.3 is 0 Å². The predicted octanol–water partition coefficient (Wildman–Crippen LogP) is 6.06. The molecule has 0 bridgehead atoms. The van der Waals surface area contributed by atoms with E-state index in [9.17, 15) is 9.59 Å². The molecule has 36 heavy (non-hydrogen) atoms. The van der Waals surface area contributed by atoms with Crippen molar-refractivity contribution in [3.05, 3.63) is 126 Å². The molecule has 5 heteroatoms. The van der Waals surface area contributed by atoms with Crippen LogP contribution in [0.15, 0.2) is 109 Å². The number of hydrogen-bond donors (Lipinski definition) is 0. The van der Waals surface area contributed by atoms with Crippen molar-refractivity contribution in [2.45, 2.75) is 18.9 Å². The van der Waals surface area contributed by atoms with Crippen LogP contribution in [0.3, 0.4) is 0 Å². The second-order valence-electron chi connectivity index (χ2n) is 8.83. The molecule has 1 aliphatic heterocycles. The third-order valence-electron chi connectivity index (χ3n) is 6.64. The summed E-state index contributed by atoms with van der Waals surface area (Å²) in [6, 6.07) is 34.7. The first kappa shape index (κ1) is 23.4. The summed E-state index contributed by atoms with van der Waals surface area (Å²) in [5.74, 6) is 0.315. The third-order valence-corrected chi connectivity index (χ3v) is 6.64. The number of para-hydroxylation sites is 2. The number of carbonyl (C=O) groups is 2. The van der Waals surface area contributed by atoms with E-state index in [0.29, 0.717) is 30.8 Å². The van der Waals surface area contributed by atoms with Gasteiger partial charge in [-0.05, 0) is 60.0 Å². The molecular weight excluding hydrogens is 448 g/mol. The van der Waals surface area contributed by atoms with Crippen molar-refractivity contribution < 1.29 is 14.3 Å². The molecule has 5 rings (SSSR count). The van der Waals surface area contributed by atoms with Crippen molar-refractivity contribution in [3.63, 3.8) is 0 Å². The van der Waals surface area contributed by atoms with Gasteiger partial charge in [-0.15, -0.1) is 0 Å². The highest BCUT2D eigenvalue weighted by molar-refractivity contribution is 6.08. The molecule has 5 nitrogen and oxygen atoms in total. The molecule has 0 radical (unpaired) electrons. The van der Waals surface area contributed by atoms with Crippen LogP contribution in [0.2, 0.25) is 0 Å². The van der Waals surface area contributed by atoms with Crippen molar-refractivity contribution in [2.24, 2.45) is 0 Å². The zero-order chi connectivity index (χ0) is 24.9. The van der Waals surface area contributed by atoms with Crippen LogP contribution in [0.4, 0.5) is 11.4 Å². The van der Waals surface area contributed by atoms with E-state index in [4.69, 9.17) is 4.74 Å². The van der Waals surface area contributed by atoms with E-state index in [2.05, 4.69) is 0 Å². The molecule has 0 spiro atoms. The minimum Gasteiger partial charge on any atom is -0.497 e. The van der Waals surface area contributed by atoms with Crippen LogP contribution in [0.1, 0.15) is 33.8 Å². The number of ether oxygens (including phenoxy) is 1. The second-order valence-corrected chi connectivity index (χ2v) is 8.83. The summed E-state index contributed by atoms with van der Waals surface area (Å²) < 4.78 is 5.23. The lowest BCUT2D eigenvalue weighted by Gasteiger charge is -2.36. The van der Waals surface area contributed by atoms with Gasteiger partial charge in [-0.2, -0.15) is 0 Å². The summed E-state index contributed by atoms with van der Waals surface area (Å²) in [4.78, 5) is 31.2. The Bertz CT molecular complexity index is 1340. The fourth-order valence-electron chi connectivity index (χ4n) is 4.78. The van der Waals surface area contributed by atoms with Gasteiger partial charge in [0.15, 0.2) is 0 Å². The maximum atomic E-state index is 14.1. The molecule has 1 aliphatic rings. The quantitative estimate of drug-likeness (QED) is 0.340. The lowest BCUT2D eigenvalue weighted by atomic mass is 9.88. The van der Waals surface area contributed by atoms with Crippen LogP contribution in [-0.4, -0.2) is 25.5 Å². The molecule has 0 N–H and O–H groups in total.